The normalized spacial score (nSPS) is 12.6. The molecule has 37 heavy (non-hydrogen) atoms. The van der Waals surface area contributed by atoms with Crippen molar-refractivity contribution in [3.05, 3.63) is 83.6 Å². The highest BCUT2D eigenvalue weighted by Gasteiger charge is 2.33. The predicted octanol–water partition coefficient (Wildman–Crippen LogP) is 5.71. The summed E-state index contributed by atoms with van der Waals surface area (Å²) in [5.74, 6) is 1.03. The molecular weight excluding hydrogens is 483 g/mol. The van der Waals surface area contributed by atoms with Gasteiger partial charge in [0.1, 0.15) is 17.8 Å². The number of aryl methyl sites for hydroxylation is 2. The fraction of sp³-hybridized carbons (Fsp3) is 0.192. The Balaban J connectivity index is 1.57. The van der Waals surface area contributed by atoms with Gasteiger partial charge in [-0.05, 0) is 68.8 Å². The monoisotopic (exact) mass is 505 g/mol. The van der Waals surface area contributed by atoms with Crippen molar-refractivity contribution in [1.29, 1.82) is 0 Å². The highest BCUT2D eigenvalue weighted by Crippen LogP contribution is 2.35. The molecule has 0 saturated heterocycles. The lowest BCUT2D eigenvalue weighted by atomic mass is 9.99. The van der Waals surface area contributed by atoms with Crippen LogP contribution in [0.25, 0.3) is 28.1 Å². The number of aliphatic hydroxyl groups excluding tert-OH is 1. The van der Waals surface area contributed by atoms with Gasteiger partial charge in [-0.2, -0.15) is 18.3 Å². The van der Waals surface area contributed by atoms with Crippen molar-refractivity contribution in [3.63, 3.8) is 0 Å². The van der Waals surface area contributed by atoms with Gasteiger partial charge in [-0.1, -0.05) is 6.07 Å². The summed E-state index contributed by atoms with van der Waals surface area (Å²) in [5, 5.41) is 21.7. The first-order chi connectivity index (χ1) is 17.6. The molecule has 1 unspecified atom stereocenters. The average molecular weight is 506 g/mol. The predicted molar refractivity (Wildman–Crippen MR) is 133 cm³/mol. The maximum Gasteiger partial charge on any atom is 0.433 e. The Morgan fingerprint density at radius 1 is 0.973 bits per heavy atom. The number of hydrogen-bond donors (Lipinski definition) is 2. The lowest BCUT2D eigenvalue weighted by Crippen LogP contribution is -2.10. The number of aliphatic hydroxyl groups is 1. The van der Waals surface area contributed by atoms with Gasteiger partial charge in [-0.15, -0.1) is 5.10 Å². The standard InChI is InChI=1S/C26H22F3N7O/c1-14-12-30-22(26(27,28)29)11-19(14)25-18(16(3)37)6-9-24(33-25)36-13-31-20-10-17(5-7-21(20)36)32-23-8-4-15(2)34-35-23/h4-13,16,37H,1-3H3,(H,32,35). The lowest BCUT2D eigenvalue weighted by molar-refractivity contribution is -0.141. The van der Waals surface area contributed by atoms with Crippen molar-refractivity contribution >= 4 is 22.5 Å². The summed E-state index contributed by atoms with van der Waals surface area (Å²) in [5.41, 5.74) is 3.37. The number of imidazole rings is 1. The molecule has 8 nitrogen and oxygen atoms in total. The van der Waals surface area contributed by atoms with Gasteiger partial charge in [-0.25, -0.2) is 9.97 Å². The molecule has 0 fully saturated rings. The van der Waals surface area contributed by atoms with Crippen molar-refractivity contribution in [3.8, 4) is 17.1 Å². The van der Waals surface area contributed by atoms with Gasteiger partial charge < -0.3 is 10.4 Å². The summed E-state index contributed by atoms with van der Waals surface area (Å²) >= 11 is 0. The third-order valence-electron chi connectivity index (χ3n) is 5.87. The zero-order chi connectivity index (χ0) is 26.3. The van der Waals surface area contributed by atoms with Crippen molar-refractivity contribution in [2.24, 2.45) is 0 Å². The second-order valence-corrected chi connectivity index (χ2v) is 8.67. The minimum Gasteiger partial charge on any atom is -0.389 e. The van der Waals surface area contributed by atoms with Crippen LogP contribution >= 0.6 is 0 Å². The fourth-order valence-electron chi connectivity index (χ4n) is 3.97. The molecule has 1 atom stereocenters. The van der Waals surface area contributed by atoms with E-state index in [1.165, 1.54) is 0 Å². The van der Waals surface area contributed by atoms with Crippen LogP contribution in [0.15, 0.2) is 61.1 Å². The van der Waals surface area contributed by atoms with Crippen LogP contribution in [0, 0.1) is 13.8 Å². The fourth-order valence-corrected chi connectivity index (χ4v) is 3.97. The van der Waals surface area contributed by atoms with Crippen LogP contribution in [0.3, 0.4) is 0 Å². The number of fused-ring (bicyclic) bond motifs is 1. The van der Waals surface area contributed by atoms with E-state index in [0.717, 1.165) is 29.2 Å². The van der Waals surface area contributed by atoms with E-state index in [2.05, 4.69) is 30.5 Å². The van der Waals surface area contributed by atoms with Gasteiger partial charge in [0, 0.05) is 23.0 Å². The molecule has 0 spiro atoms. The highest BCUT2D eigenvalue weighted by molar-refractivity contribution is 5.82. The molecule has 0 bridgehead atoms. The Labute approximate surface area is 209 Å². The summed E-state index contributed by atoms with van der Waals surface area (Å²) in [6, 6.07) is 13.6. The second kappa shape index (κ2) is 9.25. The summed E-state index contributed by atoms with van der Waals surface area (Å²) in [6.45, 7) is 5.05. The molecule has 2 N–H and O–H groups in total. The second-order valence-electron chi connectivity index (χ2n) is 8.67. The topological polar surface area (TPSA) is 102 Å². The SMILES string of the molecule is Cc1ccc(Nc2ccc3c(c2)ncn3-c2ccc(C(C)O)c(-c3cc(C(F)(F)F)ncc3C)n2)nn1. The van der Waals surface area contributed by atoms with E-state index in [0.29, 0.717) is 28.3 Å². The molecule has 0 aliphatic heterocycles. The minimum absolute atomic E-state index is 0.246. The molecule has 4 aromatic heterocycles. The first-order valence-corrected chi connectivity index (χ1v) is 11.4. The Hall–Kier alpha value is -4.38. The van der Waals surface area contributed by atoms with Crippen LogP contribution in [-0.4, -0.2) is 34.8 Å². The number of nitrogens with zero attached hydrogens (tertiary/aromatic N) is 6. The van der Waals surface area contributed by atoms with Gasteiger partial charge >= 0.3 is 6.18 Å². The smallest absolute Gasteiger partial charge is 0.389 e. The molecule has 188 valence electrons. The van der Waals surface area contributed by atoms with Gasteiger partial charge in [0.2, 0.25) is 0 Å². The molecule has 5 rings (SSSR count). The number of alkyl halides is 3. The summed E-state index contributed by atoms with van der Waals surface area (Å²) in [7, 11) is 0. The maximum atomic E-state index is 13.4. The Morgan fingerprint density at radius 3 is 2.49 bits per heavy atom. The van der Waals surface area contributed by atoms with Gasteiger partial charge in [-0.3, -0.25) is 9.55 Å². The number of hydrogen-bond acceptors (Lipinski definition) is 7. The van der Waals surface area contributed by atoms with E-state index >= 15 is 0 Å². The Morgan fingerprint density at radius 2 is 1.78 bits per heavy atom. The number of aromatic nitrogens is 6. The van der Waals surface area contributed by atoms with E-state index < -0.39 is 18.0 Å². The van der Waals surface area contributed by atoms with Crippen LogP contribution in [0.2, 0.25) is 0 Å². The maximum absolute atomic E-state index is 13.4. The number of pyridine rings is 2. The molecule has 0 aliphatic carbocycles. The molecule has 4 heterocycles. The number of rotatable bonds is 5. The van der Waals surface area contributed by atoms with Gasteiger partial charge in [0.25, 0.3) is 0 Å². The molecular formula is C26H22F3N7O. The molecule has 5 aromatic rings. The minimum atomic E-state index is -4.61. The number of halogens is 3. The van der Waals surface area contributed by atoms with Gasteiger partial charge in [0.05, 0.1) is 28.5 Å². The molecule has 1 aromatic carbocycles. The van der Waals surface area contributed by atoms with E-state index in [9.17, 15) is 18.3 Å². The molecule has 0 aliphatic rings. The summed E-state index contributed by atoms with van der Waals surface area (Å²) < 4.78 is 41.9. The van der Waals surface area contributed by atoms with E-state index in [1.54, 1.807) is 36.9 Å². The zero-order valence-corrected chi connectivity index (χ0v) is 20.1. The van der Waals surface area contributed by atoms with Crippen molar-refractivity contribution in [2.75, 3.05) is 5.32 Å². The highest BCUT2D eigenvalue weighted by atomic mass is 19.4. The summed E-state index contributed by atoms with van der Waals surface area (Å²) in [4.78, 5) is 12.7. The third-order valence-corrected chi connectivity index (χ3v) is 5.87. The Kier molecular flexibility index (Phi) is 6.08. The average Bonchev–Trinajstić information content (AvgIpc) is 3.28. The number of nitrogens with one attached hydrogen (secondary N) is 1. The van der Waals surface area contributed by atoms with E-state index in [4.69, 9.17) is 0 Å². The van der Waals surface area contributed by atoms with E-state index in [1.807, 2.05) is 37.3 Å². The molecule has 11 heteroatoms. The van der Waals surface area contributed by atoms with Crippen LogP contribution in [0.4, 0.5) is 24.7 Å². The van der Waals surface area contributed by atoms with Crippen LogP contribution in [0.5, 0.6) is 0 Å². The Bertz CT molecular complexity index is 1590. The first kappa shape index (κ1) is 24.3. The zero-order valence-electron chi connectivity index (χ0n) is 20.1. The van der Waals surface area contributed by atoms with Crippen molar-refractivity contribution < 1.29 is 18.3 Å². The summed E-state index contributed by atoms with van der Waals surface area (Å²) in [6.07, 6.45) is -2.80. The van der Waals surface area contributed by atoms with Crippen LogP contribution < -0.4 is 5.32 Å². The number of benzene rings is 1. The van der Waals surface area contributed by atoms with Crippen molar-refractivity contribution in [1.82, 2.24) is 29.7 Å². The van der Waals surface area contributed by atoms with Crippen LogP contribution in [0.1, 0.15) is 35.5 Å². The lowest BCUT2D eigenvalue weighted by Gasteiger charge is -2.16. The largest absolute Gasteiger partial charge is 0.433 e. The molecule has 0 amide bonds. The van der Waals surface area contributed by atoms with Gasteiger partial charge in [0.15, 0.2) is 5.82 Å². The third kappa shape index (κ3) is 4.85. The molecule has 0 radical (unpaired) electrons. The van der Waals surface area contributed by atoms with Crippen LogP contribution in [-0.2, 0) is 6.18 Å². The van der Waals surface area contributed by atoms with E-state index in [-0.39, 0.29) is 11.3 Å². The van der Waals surface area contributed by atoms with Crippen molar-refractivity contribution in [2.45, 2.75) is 33.1 Å². The quantitative estimate of drug-likeness (QED) is 0.316. The molecule has 0 saturated carbocycles. The first-order valence-electron chi connectivity index (χ1n) is 11.4. The number of anilines is 2.